The smallest absolute Gasteiger partial charge is 0.0503 e. The van der Waals surface area contributed by atoms with Crippen molar-refractivity contribution in [1.82, 2.24) is 5.43 Å². The quantitative estimate of drug-likeness (QED) is 0.659. The molecule has 0 amide bonds. The highest BCUT2D eigenvalue weighted by molar-refractivity contribution is 6.30. The number of hydrogen-bond donors (Lipinski definition) is 2. The maximum Gasteiger partial charge on any atom is 0.0503 e. The zero-order valence-corrected chi connectivity index (χ0v) is 13.0. The third-order valence-electron chi connectivity index (χ3n) is 3.87. The average Bonchev–Trinajstić information content (AvgIpc) is 2.42. The molecule has 1 unspecified atom stereocenters. The van der Waals surface area contributed by atoms with Crippen molar-refractivity contribution in [3.63, 3.8) is 0 Å². The van der Waals surface area contributed by atoms with E-state index in [0.29, 0.717) is 0 Å². The Labute approximate surface area is 125 Å². The SMILES string of the molecule is Cc1ccc(Cl)cc1C(Cc1c(C)cccc1C)NN. The summed E-state index contributed by atoms with van der Waals surface area (Å²) >= 11 is 6.11. The van der Waals surface area contributed by atoms with Crippen molar-refractivity contribution in [3.8, 4) is 0 Å². The molecule has 0 aromatic heterocycles. The Hall–Kier alpha value is -1.35. The molecule has 2 aromatic rings. The van der Waals surface area contributed by atoms with Gasteiger partial charge < -0.3 is 0 Å². The highest BCUT2D eigenvalue weighted by Gasteiger charge is 2.15. The molecule has 0 fully saturated rings. The Morgan fingerprint density at radius 3 is 2.30 bits per heavy atom. The molecule has 0 saturated heterocycles. The molecule has 0 bridgehead atoms. The van der Waals surface area contributed by atoms with Crippen LogP contribution in [0.5, 0.6) is 0 Å². The van der Waals surface area contributed by atoms with Crippen LogP contribution < -0.4 is 11.3 Å². The van der Waals surface area contributed by atoms with Gasteiger partial charge in [0.2, 0.25) is 0 Å². The first-order valence-electron chi connectivity index (χ1n) is 6.80. The fourth-order valence-electron chi connectivity index (χ4n) is 2.62. The van der Waals surface area contributed by atoms with Crippen LogP contribution >= 0.6 is 11.6 Å². The van der Waals surface area contributed by atoms with Gasteiger partial charge in [-0.2, -0.15) is 0 Å². The molecule has 3 heteroatoms. The summed E-state index contributed by atoms with van der Waals surface area (Å²) in [6.07, 6.45) is 0.857. The van der Waals surface area contributed by atoms with Gasteiger partial charge in [0, 0.05) is 5.02 Å². The minimum absolute atomic E-state index is 0.0634. The zero-order chi connectivity index (χ0) is 14.7. The number of hydrazine groups is 1. The molecule has 0 aliphatic heterocycles. The van der Waals surface area contributed by atoms with Gasteiger partial charge in [0.1, 0.15) is 0 Å². The molecule has 2 rings (SSSR count). The maximum absolute atomic E-state index is 6.11. The van der Waals surface area contributed by atoms with Crippen LogP contribution in [-0.4, -0.2) is 0 Å². The van der Waals surface area contributed by atoms with Crippen LogP contribution in [0.4, 0.5) is 0 Å². The Morgan fingerprint density at radius 1 is 1.05 bits per heavy atom. The van der Waals surface area contributed by atoms with Gasteiger partial charge in [-0.25, -0.2) is 0 Å². The lowest BCUT2D eigenvalue weighted by molar-refractivity contribution is 0.547. The van der Waals surface area contributed by atoms with Crippen LogP contribution in [0.3, 0.4) is 0 Å². The molecule has 0 spiro atoms. The predicted octanol–water partition coefficient (Wildman–Crippen LogP) is 4.01. The first-order valence-corrected chi connectivity index (χ1v) is 7.18. The molecule has 106 valence electrons. The molecule has 0 aliphatic carbocycles. The first-order chi connectivity index (χ1) is 9.52. The summed E-state index contributed by atoms with van der Waals surface area (Å²) in [5, 5.41) is 0.743. The van der Waals surface area contributed by atoms with Crippen molar-refractivity contribution >= 4 is 11.6 Å². The Kier molecular flexibility index (Phi) is 4.81. The second-order valence-corrected chi connectivity index (χ2v) is 5.73. The van der Waals surface area contributed by atoms with Crippen molar-refractivity contribution in [3.05, 3.63) is 69.2 Å². The molecule has 0 radical (unpaired) electrons. The van der Waals surface area contributed by atoms with E-state index in [1.165, 1.54) is 22.3 Å². The van der Waals surface area contributed by atoms with E-state index in [1.807, 2.05) is 18.2 Å². The van der Waals surface area contributed by atoms with Gasteiger partial charge in [-0.3, -0.25) is 11.3 Å². The van der Waals surface area contributed by atoms with E-state index in [4.69, 9.17) is 17.4 Å². The number of nitrogens with two attached hydrogens (primary N) is 1. The summed E-state index contributed by atoms with van der Waals surface area (Å²) in [4.78, 5) is 0. The fourth-order valence-corrected chi connectivity index (χ4v) is 2.80. The Balaban J connectivity index is 2.36. The summed E-state index contributed by atoms with van der Waals surface area (Å²) in [7, 11) is 0. The van der Waals surface area contributed by atoms with E-state index in [2.05, 4.69) is 44.4 Å². The fraction of sp³-hybridized carbons (Fsp3) is 0.294. The van der Waals surface area contributed by atoms with Gasteiger partial charge >= 0.3 is 0 Å². The van der Waals surface area contributed by atoms with E-state index in [1.54, 1.807) is 0 Å². The van der Waals surface area contributed by atoms with Gasteiger partial charge in [-0.1, -0.05) is 35.9 Å². The summed E-state index contributed by atoms with van der Waals surface area (Å²) in [5.41, 5.74) is 9.22. The second-order valence-electron chi connectivity index (χ2n) is 5.29. The molecular weight excluding hydrogens is 268 g/mol. The van der Waals surface area contributed by atoms with Crippen molar-refractivity contribution in [1.29, 1.82) is 0 Å². The Morgan fingerprint density at radius 2 is 1.70 bits per heavy atom. The van der Waals surface area contributed by atoms with E-state index in [0.717, 1.165) is 17.0 Å². The van der Waals surface area contributed by atoms with Crippen LogP contribution in [0.1, 0.15) is 33.9 Å². The zero-order valence-electron chi connectivity index (χ0n) is 12.2. The molecule has 0 heterocycles. The van der Waals surface area contributed by atoms with E-state index in [9.17, 15) is 0 Å². The minimum Gasteiger partial charge on any atom is -0.271 e. The van der Waals surface area contributed by atoms with Crippen LogP contribution in [-0.2, 0) is 6.42 Å². The number of aryl methyl sites for hydroxylation is 3. The summed E-state index contributed by atoms with van der Waals surface area (Å²) in [6.45, 7) is 6.36. The van der Waals surface area contributed by atoms with Crippen molar-refractivity contribution in [2.45, 2.75) is 33.2 Å². The van der Waals surface area contributed by atoms with Gasteiger partial charge in [0.25, 0.3) is 0 Å². The normalized spacial score (nSPS) is 12.4. The standard InChI is InChI=1S/C17H21ClN2/c1-11-5-4-6-12(2)15(11)10-17(20-19)16-9-14(18)8-7-13(16)3/h4-9,17,20H,10,19H2,1-3H3. The second kappa shape index (κ2) is 6.40. The minimum atomic E-state index is 0.0634. The molecule has 20 heavy (non-hydrogen) atoms. The molecular formula is C17H21ClN2. The highest BCUT2D eigenvalue weighted by Crippen LogP contribution is 2.26. The van der Waals surface area contributed by atoms with Crippen LogP contribution in [0.2, 0.25) is 5.02 Å². The largest absolute Gasteiger partial charge is 0.271 e. The number of rotatable bonds is 4. The monoisotopic (exact) mass is 288 g/mol. The highest BCUT2D eigenvalue weighted by atomic mass is 35.5. The molecule has 2 nitrogen and oxygen atoms in total. The van der Waals surface area contributed by atoms with E-state index < -0.39 is 0 Å². The van der Waals surface area contributed by atoms with E-state index >= 15 is 0 Å². The van der Waals surface area contributed by atoms with Gasteiger partial charge in [0.15, 0.2) is 0 Å². The van der Waals surface area contributed by atoms with Gasteiger partial charge in [-0.15, -0.1) is 0 Å². The third kappa shape index (κ3) is 3.21. The molecule has 0 aliphatic rings. The Bertz CT molecular complexity index is 588. The van der Waals surface area contributed by atoms with Crippen molar-refractivity contribution in [2.24, 2.45) is 5.84 Å². The summed E-state index contributed by atoms with van der Waals surface area (Å²) in [6, 6.07) is 12.4. The lowest BCUT2D eigenvalue weighted by atomic mass is 9.91. The van der Waals surface area contributed by atoms with Crippen molar-refractivity contribution in [2.75, 3.05) is 0 Å². The van der Waals surface area contributed by atoms with E-state index in [-0.39, 0.29) is 6.04 Å². The van der Waals surface area contributed by atoms with Gasteiger partial charge in [-0.05, 0) is 67.1 Å². The summed E-state index contributed by atoms with van der Waals surface area (Å²) < 4.78 is 0. The number of hydrogen-bond acceptors (Lipinski definition) is 2. The van der Waals surface area contributed by atoms with Crippen LogP contribution in [0, 0.1) is 20.8 Å². The average molecular weight is 289 g/mol. The lowest BCUT2D eigenvalue weighted by Crippen LogP contribution is -2.30. The maximum atomic E-state index is 6.11. The third-order valence-corrected chi connectivity index (χ3v) is 4.11. The number of nitrogens with one attached hydrogen (secondary N) is 1. The van der Waals surface area contributed by atoms with Gasteiger partial charge in [0.05, 0.1) is 6.04 Å². The number of halogens is 1. The lowest BCUT2D eigenvalue weighted by Gasteiger charge is -2.21. The summed E-state index contributed by atoms with van der Waals surface area (Å²) in [5.74, 6) is 5.78. The van der Waals surface area contributed by atoms with Crippen LogP contribution in [0.15, 0.2) is 36.4 Å². The van der Waals surface area contributed by atoms with Crippen molar-refractivity contribution < 1.29 is 0 Å². The number of benzene rings is 2. The first kappa shape index (κ1) is 15.0. The molecule has 0 saturated carbocycles. The topological polar surface area (TPSA) is 38.0 Å². The molecule has 2 aromatic carbocycles. The molecule has 1 atom stereocenters. The molecule has 3 N–H and O–H groups in total. The van der Waals surface area contributed by atoms with Crippen LogP contribution in [0.25, 0.3) is 0 Å². The predicted molar refractivity (Wildman–Crippen MR) is 85.9 cm³/mol.